The monoisotopic (exact) mass is 232 g/mol. The van der Waals surface area contributed by atoms with E-state index < -0.39 is 18.2 Å². The van der Waals surface area contributed by atoms with Crippen molar-refractivity contribution in [3.05, 3.63) is 0 Å². The van der Waals surface area contributed by atoms with Crippen LogP contribution in [0.5, 0.6) is 0 Å². The quantitative estimate of drug-likeness (QED) is 0.685. The molecule has 0 aromatic carbocycles. The molecule has 0 saturated heterocycles. The number of ether oxygens (including phenoxy) is 2. The van der Waals surface area contributed by atoms with E-state index in [9.17, 15) is 9.90 Å². The number of carboxylic acid groups (broad SMARTS) is 1. The molecular formula is C12H24O4. The van der Waals surface area contributed by atoms with Gasteiger partial charge in [0.25, 0.3) is 0 Å². The Kier molecular flexibility index (Phi) is 6.60. The van der Waals surface area contributed by atoms with Crippen LogP contribution in [0.15, 0.2) is 0 Å². The molecule has 0 saturated carbocycles. The molecule has 0 unspecified atom stereocenters. The second-order valence-electron chi connectivity index (χ2n) is 4.83. The molecule has 0 aliphatic heterocycles. The SMILES string of the molecule is CCOC(C[C@H](C(=O)O)C(C)(C)C)OCC. The molecule has 0 heterocycles. The first-order valence-electron chi connectivity index (χ1n) is 5.78. The molecule has 96 valence electrons. The fourth-order valence-corrected chi connectivity index (χ4v) is 1.57. The van der Waals surface area contributed by atoms with E-state index in [4.69, 9.17) is 9.47 Å². The van der Waals surface area contributed by atoms with Crippen molar-refractivity contribution in [1.82, 2.24) is 0 Å². The molecule has 0 aromatic heterocycles. The Balaban J connectivity index is 4.51. The Morgan fingerprint density at radius 1 is 1.19 bits per heavy atom. The van der Waals surface area contributed by atoms with Crippen molar-refractivity contribution in [2.45, 2.75) is 47.3 Å². The predicted octanol–water partition coefficient (Wildman–Crippen LogP) is 2.52. The van der Waals surface area contributed by atoms with E-state index in [0.29, 0.717) is 19.6 Å². The van der Waals surface area contributed by atoms with Crippen LogP contribution in [0.1, 0.15) is 41.0 Å². The molecule has 16 heavy (non-hydrogen) atoms. The van der Waals surface area contributed by atoms with Gasteiger partial charge >= 0.3 is 5.97 Å². The number of rotatable bonds is 7. The Morgan fingerprint density at radius 3 is 1.88 bits per heavy atom. The van der Waals surface area contributed by atoms with Gasteiger partial charge in [-0.3, -0.25) is 4.79 Å². The van der Waals surface area contributed by atoms with Gasteiger partial charge in [0.1, 0.15) is 0 Å². The summed E-state index contributed by atoms with van der Waals surface area (Å²) in [5.41, 5.74) is -0.293. The molecule has 1 atom stereocenters. The zero-order valence-electron chi connectivity index (χ0n) is 10.9. The Bertz CT molecular complexity index is 202. The highest BCUT2D eigenvalue weighted by molar-refractivity contribution is 5.70. The van der Waals surface area contributed by atoms with E-state index in [1.54, 1.807) is 0 Å². The van der Waals surface area contributed by atoms with Crippen LogP contribution in [0, 0.1) is 11.3 Å². The highest BCUT2D eigenvalue weighted by Crippen LogP contribution is 2.30. The van der Waals surface area contributed by atoms with E-state index in [1.165, 1.54) is 0 Å². The standard InChI is InChI=1S/C12H24O4/c1-6-15-10(16-7-2)8-9(11(13)14)12(3,4)5/h9-10H,6-8H2,1-5H3,(H,13,14)/t9-/m1/s1. The van der Waals surface area contributed by atoms with Crippen LogP contribution in [-0.4, -0.2) is 30.6 Å². The zero-order chi connectivity index (χ0) is 12.8. The van der Waals surface area contributed by atoms with Gasteiger partial charge in [-0.1, -0.05) is 20.8 Å². The van der Waals surface area contributed by atoms with Crippen molar-refractivity contribution in [2.75, 3.05) is 13.2 Å². The van der Waals surface area contributed by atoms with E-state index in [-0.39, 0.29) is 5.41 Å². The maximum Gasteiger partial charge on any atom is 0.307 e. The van der Waals surface area contributed by atoms with Crippen LogP contribution < -0.4 is 0 Å². The van der Waals surface area contributed by atoms with Crippen molar-refractivity contribution in [2.24, 2.45) is 11.3 Å². The van der Waals surface area contributed by atoms with Crippen LogP contribution in [-0.2, 0) is 14.3 Å². The van der Waals surface area contributed by atoms with E-state index in [2.05, 4.69) is 0 Å². The molecule has 0 spiro atoms. The van der Waals surface area contributed by atoms with Gasteiger partial charge in [0, 0.05) is 19.6 Å². The van der Waals surface area contributed by atoms with Crippen molar-refractivity contribution in [3.8, 4) is 0 Å². The molecule has 0 bridgehead atoms. The van der Waals surface area contributed by atoms with Crippen LogP contribution in [0.3, 0.4) is 0 Å². The maximum absolute atomic E-state index is 11.2. The molecule has 4 nitrogen and oxygen atoms in total. The van der Waals surface area contributed by atoms with Gasteiger partial charge in [0.15, 0.2) is 6.29 Å². The Hall–Kier alpha value is -0.610. The largest absolute Gasteiger partial charge is 0.481 e. The summed E-state index contributed by atoms with van der Waals surface area (Å²) in [4.78, 5) is 11.2. The second kappa shape index (κ2) is 6.86. The molecule has 0 radical (unpaired) electrons. The minimum Gasteiger partial charge on any atom is -0.481 e. The van der Waals surface area contributed by atoms with Gasteiger partial charge in [0.2, 0.25) is 0 Å². The maximum atomic E-state index is 11.2. The van der Waals surface area contributed by atoms with Gasteiger partial charge < -0.3 is 14.6 Å². The van der Waals surface area contributed by atoms with E-state index >= 15 is 0 Å². The van der Waals surface area contributed by atoms with Crippen molar-refractivity contribution in [1.29, 1.82) is 0 Å². The summed E-state index contributed by atoms with van der Waals surface area (Å²) in [7, 11) is 0. The van der Waals surface area contributed by atoms with Crippen LogP contribution in [0.4, 0.5) is 0 Å². The first kappa shape index (κ1) is 15.4. The minimum absolute atomic E-state index is 0.293. The van der Waals surface area contributed by atoms with Gasteiger partial charge in [-0.2, -0.15) is 0 Å². The summed E-state index contributed by atoms with van der Waals surface area (Å²) in [5, 5.41) is 9.18. The fraction of sp³-hybridized carbons (Fsp3) is 0.917. The molecule has 0 rings (SSSR count). The zero-order valence-corrected chi connectivity index (χ0v) is 10.9. The smallest absolute Gasteiger partial charge is 0.307 e. The van der Waals surface area contributed by atoms with Gasteiger partial charge in [-0.05, 0) is 19.3 Å². The molecule has 0 amide bonds. The summed E-state index contributed by atoms with van der Waals surface area (Å²) in [5.74, 6) is -1.26. The molecule has 0 aliphatic rings. The summed E-state index contributed by atoms with van der Waals surface area (Å²) < 4.78 is 10.7. The molecule has 0 fully saturated rings. The summed E-state index contributed by atoms with van der Waals surface area (Å²) in [6.45, 7) is 10.6. The first-order valence-corrected chi connectivity index (χ1v) is 5.78. The highest BCUT2D eigenvalue weighted by atomic mass is 16.7. The van der Waals surface area contributed by atoms with Gasteiger partial charge in [-0.25, -0.2) is 0 Å². The number of hydrogen-bond acceptors (Lipinski definition) is 3. The molecular weight excluding hydrogens is 208 g/mol. The minimum atomic E-state index is -0.795. The number of carboxylic acids is 1. The molecule has 0 aliphatic carbocycles. The summed E-state index contributed by atoms with van der Waals surface area (Å²) in [6.07, 6.45) is -0.0316. The summed E-state index contributed by atoms with van der Waals surface area (Å²) >= 11 is 0. The first-order chi connectivity index (χ1) is 7.32. The molecule has 0 aromatic rings. The topological polar surface area (TPSA) is 55.8 Å². The number of hydrogen-bond donors (Lipinski definition) is 1. The lowest BCUT2D eigenvalue weighted by atomic mass is 9.78. The predicted molar refractivity (Wildman–Crippen MR) is 62.2 cm³/mol. The highest BCUT2D eigenvalue weighted by Gasteiger charge is 2.33. The van der Waals surface area contributed by atoms with Crippen molar-refractivity contribution >= 4 is 5.97 Å². The Morgan fingerprint density at radius 2 is 1.62 bits per heavy atom. The van der Waals surface area contributed by atoms with Crippen LogP contribution in [0.2, 0.25) is 0 Å². The molecule has 4 heteroatoms. The van der Waals surface area contributed by atoms with Gasteiger partial charge in [0.05, 0.1) is 5.92 Å². The average molecular weight is 232 g/mol. The molecule has 1 N–H and O–H groups in total. The third-order valence-corrected chi connectivity index (χ3v) is 2.48. The normalized spacial score (nSPS) is 14.1. The van der Waals surface area contributed by atoms with Crippen molar-refractivity contribution in [3.63, 3.8) is 0 Å². The number of carbonyl (C=O) groups is 1. The van der Waals surface area contributed by atoms with Gasteiger partial charge in [-0.15, -0.1) is 0 Å². The summed E-state index contributed by atoms with van der Waals surface area (Å²) in [6, 6.07) is 0. The lowest BCUT2D eigenvalue weighted by molar-refractivity contribution is -0.167. The lowest BCUT2D eigenvalue weighted by Gasteiger charge is -2.30. The number of aliphatic carboxylic acids is 1. The van der Waals surface area contributed by atoms with E-state index in [0.717, 1.165) is 0 Å². The van der Waals surface area contributed by atoms with E-state index in [1.807, 2.05) is 34.6 Å². The average Bonchev–Trinajstić information content (AvgIpc) is 2.12. The second-order valence-corrected chi connectivity index (χ2v) is 4.83. The third-order valence-electron chi connectivity index (χ3n) is 2.48. The van der Waals surface area contributed by atoms with Crippen LogP contribution >= 0.6 is 0 Å². The van der Waals surface area contributed by atoms with Crippen molar-refractivity contribution < 1.29 is 19.4 Å². The third kappa shape index (κ3) is 5.47. The fourth-order valence-electron chi connectivity index (χ4n) is 1.57. The lowest BCUT2D eigenvalue weighted by Crippen LogP contribution is -2.33. The Labute approximate surface area is 97.9 Å². The van der Waals surface area contributed by atoms with Crippen LogP contribution in [0.25, 0.3) is 0 Å².